The predicted molar refractivity (Wildman–Crippen MR) is 104 cm³/mol. The van der Waals surface area contributed by atoms with E-state index in [4.69, 9.17) is 9.47 Å². The Labute approximate surface area is 163 Å². The van der Waals surface area contributed by atoms with Crippen molar-refractivity contribution in [2.24, 2.45) is 0 Å². The van der Waals surface area contributed by atoms with Crippen molar-refractivity contribution in [1.82, 2.24) is 4.57 Å². The highest BCUT2D eigenvalue weighted by Crippen LogP contribution is 2.30. The summed E-state index contributed by atoms with van der Waals surface area (Å²) < 4.78 is 12.1. The molecule has 0 aliphatic heterocycles. The summed E-state index contributed by atoms with van der Waals surface area (Å²) in [6, 6.07) is 8.36. The maximum Gasteiger partial charge on any atom is 0.271 e. The van der Waals surface area contributed by atoms with E-state index in [1.807, 2.05) is 13.0 Å². The number of methoxy groups -OCH3 is 1. The first kappa shape index (κ1) is 21.0. The molecule has 1 aromatic carbocycles. The van der Waals surface area contributed by atoms with Gasteiger partial charge in [0.25, 0.3) is 5.56 Å². The van der Waals surface area contributed by atoms with E-state index in [9.17, 15) is 20.0 Å². The fraction of sp³-hybridized carbons (Fsp3) is 0.381. The van der Waals surface area contributed by atoms with Crippen LogP contribution in [0.3, 0.4) is 0 Å². The average molecular weight is 384 g/mol. The third-order valence-electron chi connectivity index (χ3n) is 4.77. The molecule has 0 saturated carbocycles. The summed E-state index contributed by atoms with van der Waals surface area (Å²) in [4.78, 5) is 25.7. The first-order valence-electron chi connectivity index (χ1n) is 9.00. The molecule has 0 bridgehead atoms. The number of hydrogen-bond donors (Lipinski definition) is 1. The zero-order valence-electron chi connectivity index (χ0n) is 16.6. The van der Waals surface area contributed by atoms with Crippen LogP contribution in [0.4, 0.5) is 0 Å². The smallest absolute Gasteiger partial charge is 0.271 e. The van der Waals surface area contributed by atoms with E-state index >= 15 is 0 Å². The summed E-state index contributed by atoms with van der Waals surface area (Å²) in [5.41, 5.74) is -0.712. The lowest BCUT2D eigenvalue weighted by molar-refractivity contribution is 0.0808. The maximum atomic E-state index is 13.1. The molecule has 0 aliphatic carbocycles. The van der Waals surface area contributed by atoms with Crippen LogP contribution in [0.1, 0.15) is 54.7 Å². The summed E-state index contributed by atoms with van der Waals surface area (Å²) in [5, 5.41) is 20.1. The zero-order chi connectivity index (χ0) is 21.0. The van der Waals surface area contributed by atoms with Gasteiger partial charge in [-0.25, -0.2) is 0 Å². The minimum Gasteiger partial charge on any atom is -0.494 e. The number of carbonyl (C=O) groups is 1. The molecule has 2 atom stereocenters. The molecular weight excluding hydrogens is 360 g/mol. The molecule has 0 spiro atoms. The Hall–Kier alpha value is -3.27. The summed E-state index contributed by atoms with van der Waals surface area (Å²) >= 11 is 0. The van der Waals surface area contributed by atoms with Crippen LogP contribution in [0, 0.1) is 18.3 Å². The summed E-state index contributed by atoms with van der Waals surface area (Å²) in [7, 11) is 1.49. The van der Waals surface area contributed by atoms with Gasteiger partial charge in [0.2, 0.25) is 11.7 Å². The monoisotopic (exact) mass is 384 g/mol. The minimum absolute atomic E-state index is 0.0844. The lowest BCUT2D eigenvalue weighted by Gasteiger charge is -2.22. The van der Waals surface area contributed by atoms with Crippen LogP contribution in [0.25, 0.3) is 0 Å². The number of ketones is 1. The second-order valence-corrected chi connectivity index (χ2v) is 6.52. The number of pyridine rings is 1. The van der Waals surface area contributed by atoms with Crippen LogP contribution in [-0.4, -0.2) is 28.7 Å². The Balaban J connectivity index is 2.56. The summed E-state index contributed by atoms with van der Waals surface area (Å²) in [6.07, 6.45) is -0.433. The third-order valence-corrected chi connectivity index (χ3v) is 4.77. The van der Waals surface area contributed by atoms with Gasteiger partial charge >= 0.3 is 0 Å². The normalized spacial score (nSPS) is 12.7. The van der Waals surface area contributed by atoms with Crippen molar-refractivity contribution in [1.29, 1.82) is 5.26 Å². The average Bonchev–Trinajstić information content (AvgIpc) is 2.68. The second kappa shape index (κ2) is 8.61. The van der Waals surface area contributed by atoms with Crippen molar-refractivity contribution in [2.45, 2.75) is 46.3 Å². The van der Waals surface area contributed by atoms with E-state index in [1.54, 1.807) is 38.1 Å². The fourth-order valence-electron chi connectivity index (χ4n) is 2.97. The summed E-state index contributed by atoms with van der Waals surface area (Å²) in [6.45, 7) is 6.60. The van der Waals surface area contributed by atoms with E-state index in [-0.39, 0.29) is 22.7 Å². The number of aromatic hydroxyl groups is 1. The van der Waals surface area contributed by atoms with Crippen molar-refractivity contribution >= 4 is 5.78 Å². The Kier molecular flexibility index (Phi) is 6.47. The molecule has 2 aromatic rings. The molecule has 2 unspecified atom stereocenters. The Morgan fingerprint density at radius 3 is 2.43 bits per heavy atom. The highest BCUT2D eigenvalue weighted by Gasteiger charge is 2.29. The van der Waals surface area contributed by atoms with Gasteiger partial charge in [0, 0.05) is 6.04 Å². The Morgan fingerprint density at radius 1 is 1.29 bits per heavy atom. The van der Waals surface area contributed by atoms with Crippen LogP contribution < -0.4 is 15.0 Å². The molecule has 2 rings (SSSR count). The quantitative estimate of drug-likeness (QED) is 0.735. The minimum atomic E-state index is -0.977. The lowest BCUT2D eigenvalue weighted by Crippen LogP contribution is -2.32. The molecule has 0 amide bonds. The van der Waals surface area contributed by atoms with Gasteiger partial charge in [-0.15, -0.1) is 0 Å². The lowest BCUT2D eigenvalue weighted by atomic mass is 9.98. The standard InChI is InChI=1S/C21H24N2O5/c1-6-12(2)23-20(25)15(11-22)13(3)18(21(23)26)19(24)14(4)28-17-10-8-7-9-16(17)27-5/h7-10,12,14,26H,6H2,1-5H3. The van der Waals surface area contributed by atoms with Crippen LogP contribution in [0.15, 0.2) is 29.1 Å². The SMILES string of the molecule is CCC(C)n1c(O)c(C(=O)C(C)Oc2ccccc2OC)c(C)c(C#N)c1=O. The van der Waals surface area contributed by atoms with E-state index in [2.05, 4.69) is 0 Å². The van der Waals surface area contributed by atoms with Gasteiger partial charge in [-0.2, -0.15) is 5.26 Å². The fourth-order valence-corrected chi connectivity index (χ4v) is 2.97. The largest absolute Gasteiger partial charge is 0.494 e. The van der Waals surface area contributed by atoms with Crippen molar-refractivity contribution in [3.05, 3.63) is 51.3 Å². The number of hydrogen-bond acceptors (Lipinski definition) is 6. The maximum absolute atomic E-state index is 13.1. The molecule has 0 aliphatic rings. The van der Waals surface area contributed by atoms with Gasteiger partial charge in [-0.1, -0.05) is 19.1 Å². The molecule has 7 heteroatoms. The van der Waals surface area contributed by atoms with Gasteiger partial charge in [-0.05, 0) is 44.9 Å². The van der Waals surface area contributed by atoms with Gasteiger partial charge in [0.1, 0.15) is 11.6 Å². The number of rotatable bonds is 7. The highest BCUT2D eigenvalue weighted by atomic mass is 16.5. The molecule has 1 aromatic heterocycles. The molecule has 7 nitrogen and oxygen atoms in total. The topological polar surface area (TPSA) is 102 Å². The Morgan fingerprint density at radius 2 is 1.89 bits per heavy atom. The molecule has 0 fully saturated rings. The van der Waals surface area contributed by atoms with Crippen molar-refractivity contribution in [3.8, 4) is 23.4 Å². The van der Waals surface area contributed by atoms with Gasteiger partial charge < -0.3 is 14.6 Å². The van der Waals surface area contributed by atoms with Crippen LogP contribution in [0.2, 0.25) is 0 Å². The number of nitriles is 1. The Bertz CT molecular complexity index is 988. The van der Waals surface area contributed by atoms with E-state index in [0.29, 0.717) is 17.9 Å². The van der Waals surface area contributed by atoms with Crippen LogP contribution in [-0.2, 0) is 0 Å². The molecule has 0 saturated heterocycles. The summed E-state index contributed by atoms with van der Waals surface area (Å²) in [5.74, 6) is -0.144. The highest BCUT2D eigenvalue weighted by molar-refractivity contribution is 6.03. The number of ether oxygens (including phenoxy) is 2. The first-order chi connectivity index (χ1) is 13.3. The molecule has 28 heavy (non-hydrogen) atoms. The zero-order valence-corrected chi connectivity index (χ0v) is 16.6. The van der Waals surface area contributed by atoms with Gasteiger partial charge in [0.05, 0.1) is 12.7 Å². The van der Waals surface area contributed by atoms with Crippen molar-refractivity contribution in [3.63, 3.8) is 0 Å². The predicted octanol–water partition coefficient (Wildman–Crippen LogP) is 3.36. The number of benzene rings is 1. The molecule has 1 heterocycles. The first-order valence-corrected chi connectivity index (χ1v) is 9.00. The molecule has 0 radical (unpaired) electrons. The molecular formula is C21H24N2O5. The van der Waals surface area contributed by atoms with Gasteiger partial charge in [-0.3, -0.25) is 14.2 Å². The molecule has 148 valence electrons. The van der Waals surface area contributed by atoms with Gasteiger partial charge in [0.15, 0.2) is 17.6 Å². The number of para-hydroxylation sites is 2. The second-order valence-electron chi connectivity index (χ2n) is 6.52. The number of nitrogens with zero attached hydrogens (tertiary/aromatic N) is 2. The van der Waals surface area contributed by atoms with E-state index in [0.717, 1.165) is 4.57 Å². The molecule has 1 N–H and O–H groups in total. The third kappa shape index (κ3) is 3.72. The number of carbonyl (C=O) groups excluding carboxylic acids is 1. The van der Waals surface area contributed by atoms with Crippen LogP contribution in [0.5, 0.6) is 17.4 Å². The van der Waals surface area contributed by atoms with E-state index < -0.39 is 23.3 Å². The van der Waals surface area contributed by atoms with Crippen molar-refractivity contribution < 1.29 is 19.4 Å². The number of aromatic nitrogens is 1. The number of Topliss-reactive ketones (excluding diaryl/α,β-unsaturated/α-hetero) is 1. The van der Waals surface area contributed by atoms with Crippen LogP contribution >= 0.6 is 0 Å². The van der Waals surface area contributed by atoms with Crippen molar-refractivity contribution in [2.75, 3.05) is 7.11 Å². The van der Waals surface area contributed by atoms with E-state index in [1.165, 1.54) is 14.0 Å².